The molecule has 1 aliphatic heterocycles. The fourth-order valence-electron chi connectivity index (χ4n) is 1.90. The van der Waals surface area contributed by atoms with E-state index in [0.717, 1.165) is 11.3 Å². The largest absolute Gasteiger partial charge is 0.464 e. The first-order chi connectivity index (χ1) is 6.61. The molecule has 0 spiro atoms. The van der Waals surface area contributed by atoms with E-state index in [0.29, 0.717) is 5.92 Å². The highest BCUT2D eigenvalue weighted by molar-refractivity contribution is 5.47. The predicted molar refractivity (Wildman–Crippen MR) is 55.6 cm³/mol. The molecular formula is C12H16O2. The zero-order valence-electron chi connectivity index (χ0n) is 8.82. The van der Waals surface area contributed by atoms with Crippen LogP contribution >= 0.6 is 0 Å². The van der Waals surface area contributed by atoms with Crippen LogP contribution in [0.5, 0.6) is 5.75 Å². The minimum atomic E-state index is -0.676. The number of para-hydroxylation sites is 1. The van der Waals surface area contributed by atoms with Gasteiger partial charge in [-0.3, -0.25) is 0 Å². The molecule has 0 bridgehead atoms. The van der Waals surface area contributed by atoms with Gasteiger partial charge in [0.2, 0.25) is 6.29 Å². The molecule has 1 aliphatic rings. The highest BCUT2D eigenvalue weighted by Gasteiger charge is 2.31. The maximum Gasteiger partial charge on any atom is 0.204 e. The van der Waals surface area contributed by atoms with Crippen molar-refractivity contribution in [2.24, 2.45) is 0 Å². The topological polar surface area (TPSA) is 29.5 Å². The Kier molecular flexibility index (Phi) is 2.23. The lowest BCUT2D eigenvalue weighted by Gasteiger charge is -2.11. The lowest BCUT2D eigenvalue weighted by atomic mass is 9.95. The second-order valence-electron chi connectivity index (χ2n) is 4.22. The molecule has 0 aromatic heterocycles. The minimum absolute atomic E-state index is 0.0868. The summed E-state index contributed by atoms with van der Waals surface area (Å²) >= 11 is 0. The third-order valence-corrected chi connectivity index (χ3v) is 2.85. The highest BCUT2D eigenvalue weighted by atomic mass is 16.6. The maximum atomic E-state index is 9.60. The van der Waals surface area contributed by atoms with E-state index in [2.05, 4.69) is 19.9 Å². The van der Waals surface area contributed by atoms with Gasteiger partial charge in [-0.25, -0.2) is 0 Å². The molecule has 0 saturated heterocycles. The van der Waals surface area contributed by atoms with Crippen molar-refractivity contribution in [3.05, 3.63) is 29.3 Å². The van der Waals surface area contributed by atoms with Gasteiger partial charge >= 0.3 is 0 Å². The molecule has 2 rings (SSSR count). The second kappa shape index (κ2) is 3.28. The second-order valence-corrected chi connectivity index (χ2v) is 4.22. The molecule has 2 atom stereocenters. The Morgan fingerprint density at radius 1 is 1.36 bits per heavy atom. The zero-order chi connectivity index (χ0) is 10.3. The van der Waals surface area contributed by atoms with Crippen LogP contribution in [-0.4, -0.2) is 11.4 Å². The fraction of sp³-hybridized carbons (Fsp3) is 0.500. The summed E-state index contributed by atoms with van der Waals surface area (Å²) in [6.07, 6.45) is -0.676. The SMILES string of the molecule is CC(C)c1cccc2c1OC(O)C2C. The maximum absolute atomic E-state index is 9.60. The summed E-state index contributed by atoms with van der Waals surface area (Å²) in [4.78, 5) is 0. The lowest BCUT2D eigenvalue weighted by Crippen LogP contribution is -2.14. The van der Waals surface area contributed by atoms with Crippen molar-refractivity contribution < 1.29 is 9.84 Å². The summed E-state index contributed by atoms with van der Waals surface area (Å²) in [5, 5.41) is 9.60. The monoisotopic (exact) mass is 192 g/mol. The number of rotatable bonds is 1. The number of hydrogen-bond donors (Lipinski definition) is 1. The first-order valence-electron chi connectivity index (χ1n) is 5.08. The quantitative estimate of drug-likeness (QED) is 0.741. The fourth-order valence-corrected chi connectivity index (χ4v) is 1.90. The van der Waals surface area contributed by atoms with Gasteiger partial charge in [0, 0.05) is 11.5 Å². The van der Waals surface area contributed by atoms with Gasteiger partial charge in [-0.2, -0.15) is 0 Å². The van der Waals surface area contributed by atoms with Crippen LogP contribution in [0.1, 0.15) is 43.7 Å². The van der Waals surface area contributed by atoms with E-state index in [4.69, 9.17) is 4.74 Å². The standard InChI is InChI=1S/C12H16O2/c1-7(2)9-5-4-6-10-8(3)12(13)14-11(9)10/h4-8,12-13H,1-3H3. The van der Waals surface area contributed by atoms with Crippen LogP contribution in [-0.2, 0) is 0 Å². The van der Waals surface area contributed by atoms with Crippen LogP contribution in [0, 0.1) is 0 Å². The van der Waals surface area contributed by atoms with Gasteiger partial charge in [0.1, 0.15) is 5.75 Å². The summed E-state index contributed by atoms with van der Waals surface area (Å²) in [5.41, 5.74) is 2.31. The van der Waals surface area contributed by atoms with E-state index in [-0.39, 0.29) is 5.92 Å². The van der Waals surface area contributed by atoms with E-state index in [1.165, 1.54) is 5.56 Å². The number of fused-ring (bicyclic) bond motifs is 1. The van der Waals surface area contributed by atoms with Crippen LogP contribution < -0.4 is 4.74 Å². The van der Waals surface area contributed by atoms with Gasteiger partial charge in [-0.15, -0.1) is 0 Å². The van der Waals surface area contributed by atoms with Crippen molar-refractivity contribution in [3.8, 4) is 5.75 Å². The zero-order valence-corrected chi connectivity index (χ0v) is 8.82. The molecule has 0 amide bonds. The van der Waals surface area contributed by atoms with Crippen LogP contribution in [0.3, 0.4) is 0 Å². The van der Waals surface area contributed by atoms with E-state index >= 15 is 0 Å². The van der Waals surface area contributed by atoms with Crippen molar-refractivity contribution in [1.82, 2.24) is 0 Å². The van der Waals surface area contributed by atoms with E-state index in [1.807, 2.05) is 19.1 Å². The normalized spacial score (nSPS) is 24.9. The molecule has 2 unspecified atom stereocenters. The van der Waals surface area contributed by atoms with Crippen molar-refractivity contribution in [2.75, 3.05) is 0 Å². The van der Waals surface area contributed by atoms with Gasteiger partial charge in [-0.05, 0) is 11.5 Å². The molecule has 1 aromatic rings. The van der Waals surface area contributed by atoms with Gasteiger partial charge in [0.15, 0.2) is 0 Å². The third-order valence-electron chi connectivity index (χ3n) is 2.85. The average Bonchev–Trinajstić information content (AvgIpc) is 2.43. The third kappa shape index (κ3) is 1.30. The van der Waals surface area contributed by atoms with Gasteiger partial charge in [-0.1, -0.05) is 39.0 Å². The molecule has 0 radical (unpaired) electrons. The molecule has 1 N–H and O–H groups in total. The molecule has 0 aliphatic carbocycles. The number of hydrogen-bond acceptors (Lipinski definition) is 2. The van der Waals surface area contributed by atoms with Gasteiger partial charge in [0.25, 0.3) is 0 Å². The molecule has 1 heterocycles. The van der Waals surface area contributed by atoms with Gasteiger partial charge in [0.05, 0.1) is 0 Å². The van der Waals surface area contributed by atoms with Crippen molar-refractivity contribution in [1.29, 1.82) is 0 Å². The molecule has 0 fully saturated rings. The number of aliphatic hydroxyl groups excluding tert-OH is 1. The summed E-state index contributed by atoms with van der Waals surface area (Å²) in [6.45, 7) is 6.25. The summed E-state index contributed by atoms with van der Waals surface area (Å²) in [5.74, 6) is 1.41. The Morgan fingerprint density at radius 2 is 2.07 bits per heavy atom. The van der Waals surface area contributed by atoms with Crippen molar-refractivity contribution in [2.45, 2.75) is 38.9 Å². The lowest BCUT2D eigenvalue weighted by molar-refractivity contribution is -0.0147. The molecule has 2 nitrogen and oxygen atoms in total. The van der Waals surface area contributed by atoms with E-state index in [9.17, 15) is 5.11 Å². The Morgan fingerprint density at radius 3 is 2.71 bits per heavy atom. The first-order valence-corrected chi connectivity index (χ1v) is 5.08. The number of benzene rings is 1. The smallest absolute Gasteiger partial charge is 0.204 e. The molecule has 76 valence electrons. The van der Waals surface area contributed by atoms with E-state index < -0.39 is 6.29 Å². The Bertz CT molecular complexity index is 344. The number of aliphatic hydroxyl groups is 1. The molecule has 0 saturated carbocycles. The first kappa shape index (κ1) is 9.53. The Balaban J connectivity index is 2.50. The minimum Gasteiger partial charge on any atom is -0.464 e. The summed E-state index contributed by atoms with van der Waals surface area (Å²) in [7, 11) is 0. The van der Waals surface area contributed by atoms with E-state index in [1.54, 1.807) is 0 Å². The molecule has 2 heteroatoms. The van der Waals surface area contributed by atoms with Crippen molar-refractivity contribution in [3.63, 3.8) is 0 Å². The summed E-state index contributed by atoms with van der Waals surface area (Å²) < 4.78 is 5.47. The molecular weight excluding hydrogens is 176 g/mol. The highest BCUT2D eigenvalue weighted by Crippen LogP contribution is 2.41. The van der Waals surface area contributed by atoms with Gasteiger partial charge < -0.3 is 9.84 Å². The van der Waals surface area contributed by atoms with Crippen LogP contribution in [0.4, 0.5) is 0 Å². The molecule has 14 heavy (non-hydrogen) atoms. The Hall–Kier alpha value is -1.02. The Labute approximate surface area is 84.5 Å². The molecule has 1 aromatic carbocycles. The summed E-state index contributed by atoms with van der Waals surface area (Å²) in [6, 6.07) is 6.13. The van der Waals surface area contributed by atoms with Crippen molar-refractivity contribution >= 4 is 0 Å². The van der Waals surface area contributed by atoms with Crippen LogP contribution in [0.2, 0.25) is 0 Å². The van der Waals surface area contributed by atoms with Crippen LogP contribution in [0.25, 0.3) is 0 Å². The predicted octanol–water partition coefficient (Wildman–Crippen LogP) is 2.62. The number of ether oxygens (including phenoxy) is 1. The average molecular weight is 192 g/mol. The van der Waals surface area contributed by atoms with Crippen LogP contribution in [0.15, 0.2) is 18.2 Å².